The Labute approximate surface area is 173 Å². The maximum atomic E-state index is 11.5. The number of pyridine rings is 1. The molecule has 3 atom stereocenters. The van der Waals surface area contributed by atoms with Crippen molar-refractivity contribution in [3.8, 4) is 0 Å². The Kier molecular flexibility index (Phi) is 4.52. The van der Waals surface area contributed by atoms with Crippen molar-refractivity contribution in [3.63, 3.8) is 0 Å². The molecule has 29 heavy (non-hydrogen) atoms. The summed E-state index contributed by atoms with van der Waals surface area (Å²) in [7, 11) is 0. The molecule has 2 aliphatic heterocycles. The highest BCUT2D eigenvalue weighted by atomic mass is 16.3. The van der Waals surface area contributed by atoms with E-state index in [0.717, 1.165) is 30.6 Å². The quantitative estimate of drug-likeness (QED) is 0.659. The van der Waals surface area contributed by atoms with E-state index in [2.05, 4.69) is 66.0 Å². The molecule has 2 aliphatic rings. The van der Waals surface area contributed by atoms with Gasteiger partial charge in [0, 0.05) is 35.9 Å². The Hall–Kier alpha value is -2.17. The van der Waals surface area contributed by atoms with Gasteiger partial charge in [-0.2, -0.15) is 0 Å². The Morgan fingerprint density at radius 1 is 1.14 bits per heavy atom. The number of aryl methyl sites for hydroxylation is 1. The average molecular weight is 390 g/mol. The van der Waals surface area contributed by atoms with E-state index in [1.165, 1.54) is 35.0 Å². The van der Waals surface area contributed by atoms with E-state index in [9.17, 15) is 5.11 Å². The molecule has 0 aliphatic carbocycles. The van der Waals surface area contributed by atoms with Gasteiger partial charge in [-0.05, 0) is 61.8 Å². The molecule has 0 radical (unpaired) electrons. The highest BCUT2D eigenvalue weighted by Gasteiger charge is 2.48. The lowest BCUT2D eigenvalue weighted by atomic mass is 9.80. The summed E-state index contributed by atoms with van der Waals surface area (Å²) in [6.45, 7) is 7.53. The number of aromatic amines is 1. The van der Waals surface area contributed by atoms with Crippen LogP contribution in [-0.2, 0) is 12.1 Å². The number of fused-ring (bicyclic) bond motifs is 3. The molecule has 0 amide bonds. The van der Waals surface area contributed by atoms with Crippen molar-refractivity contribution < 1.29 is 5.11 Å². The van der Waals surface area contributed by atoms with Crippen LogP contribution in [0.2, 0.25) is 0 Å². The van der Waals surface area contributed by atoms with E-state index in [1.807, 2.05) is 12.3 Å². The summed E-state index contributed by atoms with van der Waals surface area (Å²) in [5, 5.41) is 12.8. The van der Waals surface area contributed by atoms with Gasteiger partial charge in [0.2, 0.25) is 0 Å². The third-order valence-electron chi connectivity index (χ3n) is 7.14. The van der Waals surface area contributed by atoms with E-state index in [1.54, 1.807) is 0 Å². The zero-order valence-corrected chi connectivity index (χ0v) is 17.7. The lowest BCUT2D eigenvalue weighted by molar-refractivity contribution is -0.0594. The van der Waals surface area contributed by atoms with Crippen LogP contribution in [0.25, 0.3) is 11.0 Å². The molecule has 2 N–H and O–H groups in total. The summed E-state index contributed by atoms with van der Waals surface area (Å²) in [6.07, 6.45) is 5.86. The molecule has 0 spiro atoms. The molecule has 0 saturated carbocycles. The molecular weight excluding hydrogens is 358 g/mol. The fraction of sp³-hybridized carbons (Fsp3) is 0.480. The second-order valence-corrected chi connectivity index (χ2v) is 9.43. The first-order valence-corrected chi connectivity index (χ1v) is 11.0. The fourth-order valence-electron chi connectivity index (χ4n) is 5.62. The van der Waals surface area contributed by atoms with Crippen LogP contribution in [0.1, 0.15) is 67.8 Å². The fourth-order valence-corrected chi connectivity index (χ4v) is 5.62. The number of H-pyrrole nitrogens is 1. The van der Waals surface area contributed by atoms with Gasteiger partial charge in [0.25, 0.3) is 0 Å². The molecule has 2 aromatic heterocycles. The number of hydrogen-bond donors (Lipinski definition) is 2. The molecule has 4 heteroatoms. The minimum Gasteiger partial charge on any atom is -0.385 e. The zero-order chi connectivity index (χ0) is 20.2. The Balaban J connectivity index is 1.44. The summed E-state index contributed by atoms with van der Waals surface area (Å²) in [5.74, 6) is 0.436. The first kappa shape index (κ1) is 18.8. The minimum absolute atomic E-state index is 0.432. The maximum Gasteiger partial charge on any atom is 0.137 e. The van der Waals surface area contributed by atoms with Gasteiger partial charge in [0.1, 0.15) is 5.65 Å². The summed E-state index contributed by atoms with van der Waals surface area (Å²) in [5.41, 5.74) is 5.31. The number of hydrogen-bond acceptors (Lipinski definition) is 3. The van der Waals surface area contributed by atoms with Crippen LogP contribution in [0.15, 0.2) is 42.6 Å². The maximum absolute atomic E-state index is 11.5. The lowest BCUT2D eigenvalue weighted by Crippen LogP contribution is -2.49. The predicted octanol–water partition coefficient (Wildman–Crippen LogP) is 5.01. The Morgan fingerprint density at radius 2 is 1.83 bits per heavy atom. The Bertz CT molecular complexity index is 1010. The topological polar surface area (TPSA) is 52.1 Å². The summed E-state index contributed by atoms with van der Waals surface area (Å²) in [4.78, 5) is 10.8. The van der Waals surface area contributed by atoms with Crippen molar-refractivity contribution in [1.29, 1.82) is 0 Å². The van der Waals surface area contributed by atoms with Crippen LogP contribution < -0.4 is 0 Å². The first-order valence-electron chi connectivity index (χ1n) is 11.0. The van der Waals surface area contributed by atoms with E-state index < -0.39 is 5.60 Å². The number of benzene rings is 1. The number of piperidine rings is 1. The van der Waals surface area contributed by atoms with Gasteiger partial charge in [-0.25, -0.2) is 4.98 Å². The smallest absolute Gasteiger partial charge is 0.137 e. The van der Waals surface area contributed by atoms with Crippen LogP contribution >= 0.6 is 0 Å². The normalized spacial score (nSPS) is 27.2. The van der Waals surface area contributed by atoms with Crippen LogP contribution in [0.4, 0.5) is 0 Å². The van der Waals surface area contributed by atoms with Gasteiger partial charge in [0.05, 0.1) is 5.60 Å². The standard InChI is InChI=1S/C25H31N3O/c1-16(2)23-22(21-5-4-12-26-24(21)27-23)15-28-19-10-11-20(28)14-25(29,13-19)18-8-6-17(3)7-9-18/h4-9,12,16,19-20,29H,10-11,13-15H2,1-3H3,(H,26,27)/t19-,20+,25?. The highest BCUT2D eigenvalue weighted by Crippen LogP contribution is 2.47. The molecule has 4 heterocycles. The Morgan fingerprint density at radius 3 is 2.48 bits per heavy atom. The molecule has 2 bridgehead atoms. The van der Waals surface area contributed by atoms with Gasteiger partial charge in [-0.1, -0.05) is 43.7 Å². The molecule has 2 fully saturated rings. The molecule has 152 valence electrons. The molecule has 1 aromatic carbocycles. The third-order valence-corrected chi connectivity index (χ3v) is 7.14. The molecule has 3 aromatic rings. The summed E-state index contributed by atoms with van der Waals surface area (Å²) >= 11 is 0. The summed E-state index contributed by atoms with van der Waals surface area (Å²) in [6, 6.07) is 13.6. The highest BCUT2D eigenvalue weighted by molar-refractivity contribution is 5.81. The number of rotatable bonds is 4. The number of nitrogens with zero attached hydrogens (tertiary/aromatic N) is 2. The van der Waals surface area contributed by atoms with E-state index in [0.29, 0.717) is 18.0 Å². The molecule has 2 saturated heterocycles. The number of aliphatic hydroxyl groups is 1. The van der Waals surface area contributed by atoms with Crippen molar-refractivity contribution in [2.75, 3.05) is 0 Å². The monoisotopic (exact) mass is 389 g/mol. The largest absolute Gasteiger partial charge is 0.385 e. The zero-order valence-electron chi connectivity index (χ0n) is 17.7. The van der Waals surface area contributed by atoms with Crippen molar-refractivity contribution in [1.82, 2.24) is 14.9 Å². The summed E-state index contributed by atoms with van der Waals surface area (Å²) < 4.78 is 0. The van der Waals surface area contributed by atoms with Crippen LogP contribution in [0.5, 0.6) is 0 Å². The predicted molar refractivity (Wildman–Crippen MR) is 117 cm³/mol. The van der Waals surface area contributed by atoms with Crippen molar-refractivity contribution >= 4 is 11.0 Å². The number of aromatic nitrogens is 2. The van der Waals surface area contributed by atoms with Crippen LogP contribution in [0.3, 0.4) is 0 Å². The second-order valence-electron chi connectivity index (χ2n) is 9.43. The number of nitrogens with one attached hydrogen (secondary N) is 1. The molecular formula is C25H31N3O. The van der Waals surface area contributed by atoms with Crippen LogP contribution in [0, 0.1) is 6.92 Å². The second kappa shape index (κ2) is 6.96. The molecule has 1 unspecified atom stereocenters. The molecule has 5 rings (SSSR count). The SMILES string of the molecule is Cc1ccc(C2(O)C[C@H]3CC[C@@H](C2)N3Cc2c(C(C)C)[nH]c3ncccc23)cc1. The van der Waals surface area contributed by atoms with Gasteiger partial charge in [-0.3, -0.25) is 4.90 Å². The van der Waals surface area contributed by atoms with Gasteiger partial charge >= 0.3 is 0 Å². The molecule has 4 nitrogen and oxygen atoms in total. The van der Waals surface area contributed by atoms with Crippen molar-refractivity contribution in [2.45, 2.75) is 76.6 Å². The van der Waals surface area contributed by atoms with Crippen LogP contribution in [-0.4, -0.2) is 32.1 Å². The third kappa shape index (κ3) is 3.19. The van der Waals surface area contributed by atoms with Gasteiger partial charge in [0.15, 0.2) is 0 Å². The van der Waals surface area contributed by atoms with E-state index in [-0.39, 0.29) is 0 Å². The average Bonchev–Trinajstić information content (AvgIpc) is 3.18. The van der Waals surface area contributed by atoms with E-state index >= 15 is 0 Å². The van der Waals surface area contributed by atoms with E-state index in [4.69, 9.17) is 0 Å². The minimum atomic E-state index is -0.696. The lowest BCUT2D eigenvalue weighted by Gasteiger charge is -2.44. The van der Waals surface area contributed by atoms with Crippen molar-refractivity contribution in [2.24, 2.45) is 0 Å². The van der Waals surface area contributed by atoms with Gasteiger partial charge in [-0.15, -0.1) is 0 Å². The van der Waals surface area contributed by atoms with Gasteiger partial charge < -0.3 is 10.1 Å². The first-order chi connectivity index (χ1) is 13.9. The van der Waals surface area contributed by atoms with Crippen molar-refractivity contribution in [3.05, 3.63) is 65.0 Å².